The van der Waals surface area contributed by atoms with Gasteiger partial charge in [-0.1, -0.05) is 23.7 Å². The lowest BCUT2D eigenvalue weighted by atomic mass is 10.1. The van der Waals surface area contributed by atoms with Crippen LogP contribution in [0.2, 0.25) is 5.02 Å². The predicted molar refractivity (Wildman–Crippen MR) is 102 cm³/mol. The number of amides is 1. The molecule has 2 aromatic carbocycles. The molecule has 0 saturated heterocycles. The van der Waals surface area contributed by atoms with E-state index in [-0.39, 0.29) is 5.91 Å². The molecule has 0 aliphatic carbocycles. The number of nitrogens with zero attached hydrogens (tertiary/aromatic N) is 2. The van der Waals surface area contributed by atoms with Crippen molar-refractivity contribution in [3.05, 3.63) is 70.9 Å². The van der Waals surface area contributed by atoms with E-state index in [9.17, 15) is 4.79 Å². The number of methoxy groups -OCH3 is 1. The van der Waals surface area contributed by atoms with Gasteiger partial charge in [-0.15, -0.1) is 0 Å². The van der Waals surface area contributed by atoms with Crippen molar-refractivity contribution in [2.75, 3.05) is 7.11 Å². The number of hydrogen-bond donors (Lipinski definition) is 2. The molecule has 0 atom stereocenters. The number of halogens is 1. The molecule has 2 N–H and O–H groups in total. The molecule has 6 nitrogen and oxygen atoms in total. The molecule has 7 heteroatoms. The van der Waals surface area contributed by atoms with Gasteiger partial charge in [-0.3, -0.25) is 9.89 Å². The molecule has 1 aromatic heterocycles. The van der Waals surface area contributed by atoms with Crippen LogP contribution in [0, 0.1) is 0 Å². The van der Waals surface area contributed by atoms with Gasteiger partial charge in [0.25, 0.3) is 5.91 Å². The van der Waals surface area contributed by atoms with E-state index in [1.165, 1.54) is 0 Å². The summed E-state index contributed by atoms with van der Waals surface area (Å²) in [7, 11) is 1.61. The maximum Gasteiger partial charge on any atom is 0.289 e. The van der Waals surface area contributed by atoms with Crippen molar-refractivity contribution in [3.8, 4) is 17.0 Å². The fourth-order valence-electron chi connectivity index (χ4n) is 2.30. The van der Waals surface area contributed by atoms with E-state index < -0.39 is 0 Å². The Morgan fingerprint density at radius 1 is 1.15 bits per heavy atom. The zero-order chi connectivity index (χ0) is 18.5. The summed E-state index contributed by atoms with van der Waals surface area (Å²) >= 11 is 5.88. The number of aromatic nitrogens is 2. The second-order valence-corrected chi connectivity index (χ2v) is 5.98. The molecule has 132 valence electrons. The maximum absolute atomic E-state index is 12.2. The Balaban J connectivity index is 1.68. The second kappa shape index (κ2) is 7.84. The lowest BCUT2D eigenvalue weighted by Gasteiger charge is -2.03. The molecule has 0 saturated carbocycles. The number of rotatable bonds is 5. The molecule has 3 aromatic rings. The molecular weight excluding hydrogens is 352 g/mol. The van der Waals surface area contributed by atoms with Crippen LogP contribution in [-0.4, -0.2) is 28.9 Å². The van der Waals surface area contributed by atoms with Gasteiger partial charge in [-0.05, 0) is 55.0 Å². The number of nitrogens with one attached hydrogen (secondary N) is 2. The minimum Gasteiger partial charge on any atom is -0.497 e. The van der Waals surface area contributed by atoms with Crippen LogP contribution in [0.3, 0.4) is 0 Å². The summed E-state index contributed by atoms with van der Waals surface area (Å²) in [5.41, 5.74) is 5.93. The van der Waals surface area contributed by atoms with Crippen molar-refractivity contribution in [2.45, 2.75) is 6.92 Å². The summed E-state index contributed by atoms with van der Waals surface area (Å²) < 4.78 is 5.12. The van der Waals surface area contributed by atoms with Crippen molar-refractivity contribution < 1.29 is 9.53 Å². The van der Waals surface area contributed by atoms with Crippen molar-refractivity contribution >= 4 is 23.2 Å². The van der Waals surface area contributed by atoms with Crippen molar-refractivity contribution in [1.82, 2.24) is 15.6 Å². The van der Waals surface area contributed by atoms with E-state index in [0.717, 1.165) is 16.9 Å². The van der Waals surface area contributed by atoms with Crippen molar-refractivity contribution in [3.63, 3.8) is 0 Å². The van der Waals surface area contributed by atoms with Crippen LogP contribution in [0.5, 0.6) is 5.75 Å². The van der Waals surface area contributed by atoms with Crippen molar-refractivity contribution in [2.24, 2.45) is 5.10 Å². The zero-order valence-corrected chi connectivity index (χ0v) is 15.0. The molecule has 26 heavy (non-hydrogen) atoms. The Hall–Kier alpha value is -3.12. The molecular formula is C19H17ClN4O2. The molecule has 0 spiro atoms. The van der Waals surface area contributed by atoms with Crippen LogP contribution < -0.4 is 10.2 Å². The highest BCUT2D eigenvalue weighted by Gasteiger charge is 2.11. The quantitative estimate of drug-likeness (QED) is 0.529. The van der Waals surface area contributed by atoms with Gasteiger partial charge in [0.15, 0.2) is 0 Å². The van der Waals surface area contributed by atoms with Gasteiger partial charge in [0.2, 0.25) is 0 Å². The molecule has 0 aliphatic rings. The number of H-pyrrole nitrogens is 1. The Kier molecular flexibility index (Phi) is 5.34. The van der Waals surface area contributed by atoms with E-state index in [1.54, 1.807) is 25.3 Å². The maximum atomic E-state index is 12.2. The number of aromatic amines is 1. The smallest absolute Gasteiger partial charge is 0.289 e. The van der Waals surface area contributed by atoms with E-state index in [1.807, 2.05) is 43.3 Å². The van der Waals surface area contributed by atoms with Gasteiger partial charge >= 0.3 is 0 Å². The van der Waals surface area contributed by atoms with Gasteiger partial charge in [-0.25, -0.2) is 5.43 Å². The average molecular weight is 369 g/mol. The van der Waals surface area contributed by atoms with E-state index in [0.29, 0.717) is 22.1 Å². The molecule has 3 rings (SSSR count). The van der Waals surface area contributed by atoms with Crippen LogP contribution in [0.1, 0.15) is 23.0 Å². The molecule has 0 radical (unpaired) electrons. The third-order valence-corrected chi connectivity index (χ3v) is 4.05. The molecule has 0 unspecified atom stereocenters. The Morgan fingerprint density at radius 3 is 2.50 bits per heavy atom. The fraction of sp³-hybridized carbons (Fsp3) is 0.105. The normalized spacial score (nSPS) is 11.3. The second-order valence-electron chi connectivity index (χ2n) is 5.54. The summed E-state index contributed by atoms with van der Waals surface area (Å²) in [5, 5.41) is 11.6. The van der Waals surface area contributed by atoms with Crippen LogP contribution in [0.4, 0.5) is 0 Å². The summed E-state index contributed by atoms with van der Waals surface area (Å²) in [4.78, 5) is 12.2. The first kappa shape index (κ1) is 17.7. The van der Waals surface area contributed by atoms with E-state index >= 15 is 0 Å². The third-order valence-electron chi connectivity index (χ3n) is 3.80. The molecule has 1 amide bonds. The lowest BCUT2D eigenvalue weighted by Crippen LogP contribution is -2.19. The first-order valence-corrected chi connectivity index (χ1v) is 8.25. The predicted octanol–water partition coefficient (Wildman–Crippen LogP) is 3.89. The summed E-state index contributed by atoms with van der Waals surface area (Å²) in [6.45, 7) is 1.81. The number of hydrazone groups is 1. The Morgan fingerprint density at radius 2 is 1.85 bits per heavy atom. The van der Waals surface area contributed by atoms with Gasteiger partial charge in [0.1, 0.15) is 11.4 Å². The first-order chi connectivity index (χ1) is 12.6. The third kappa shape index (κ3) is 4.10. The summed E-state index contributed by atoms with van der Waals surface area (Å²) in [5.74, 6) is 0.392. The number of carbonyl (C=O) groups is 1. The minimum atomic E-state index is -0.370. The molecule has 1 heterocycles. The van der Waals surface area contributed by atoms with E-state index in [2.05, 4.69) is 20.7 Å². The van der Waals surface area contributed by atoms with Crippen LogP contribution in [-0.2, 0) is 0 Å². The standard InChI is InChI=1S/C19H17ClN4O2/c1-12(13-5-9-16(26-2)10-6-13)21-24-19(25)18-11-17(22-23-18)14-3-7-15(20)8-4-14/h3-11H,1-2H3,(H,22,23)(H,24,25)/b21-12+. The highest BCUT2D eigenvalue weighted by molar-refractivity contribution is 6.30. The topological polar surface area (TPSA) is 79.4 Å². The number of hydrogen-bond acceptors (Lipinski definition) is 4. The number of ether oxygens (including phenoxy) is 1. The number of carbonyl (C=O) groups excluding carboxylic acids is 1. The van der Waals surface area contributed by atoms with Gasteiger partial charge in [0, 0.05) is 10.6 Å². The van der Waals surface area contributed by atoms with E-state index in [4.69, 9.17) is 16.3 Å². The summed E-state index contributed by atoms with van der Waals surface area (Å²) in [6.07, 6.45) is 0. The average Bonchev–Trinajstić information content (AvgIpc) is 3.16. The zero-order valence-electron chi connectivity index (χ0n) is 14.3. The Bertz CT molecular complexity index is 931. The van der Waals surface area contributed by atoms with Gasteiger partial charge in [-0.2, -0.15) is 10.2 Å². The molecule has 0 aliphatic heterocycles. The van der Waals surface area contributed by atoms with Crippen molar-refractivity contribution in [1.29, 1.82) is 0 Å². The van der Waals surface area contributed by atoms with Crippen LogP contribution in [0.15, 0.2) is 59.7 Å². The summed E-state index contributed by atoms with van der Waals surface area (Å²) in [6, 6.07) is 16.3. The molecule has 0 bridgehead atoms. The van der Waals surface area contributed by atoms with Crippen LogP contribution in [0.25, 0.3) is 11.3 Å². The minimum absolute atomic E-state index is 0.321. The van der Waals surface area contributed by atoms with Gasteiger partial charge < -0.3 is 4.74 Å². The highest BCUT2D eigenvalue weighted by Crippen LogP contribution is 2.20. The first-order valence-electron chi connectivity index (χ1n) is 7.87. The fourth-order valence-corrected chi connectivity index (χ4v) is 2.42. The monoisotopic (exact) mass is 368 g/mol. The lowest BCUT2D eigenvalue weighted by molar-refractivity contribution is 0.0950. The van der Waals surface area contributed by atoms with Gasteiger partial charge in [0.05, 0.1) is 18.5 Å². The number of benzene rings is 2. The SMILES string of the molecule is COc1ccc(/C(C)=N/NC(=O)c2cc(-c3ccc(Cl)cc3)n[nH]2)cc1. The molecule has 0 fully saturated rings. The highest BCUT2D eigenvalue weighted by atomic mass is 35.5. The largest absolute Gasteiger partial charge is 0.497 e. The Labute approximate surface area is 155 Å². The van der Waals surface area contributed by atoms with Crippen LogP contribution >= 0.6 is 11.6 Å².